The topological polar surface area (TPSA) is 27.7 Å². The van der Waals surface area contributed by atoms with Crippen LogP contribution in [-0.4, -0.2) is 43.3 Å². The number of benzene rings is 2. The van der Waals surface area contributed by atoms with E-state index in [-0.39, 0.29) is 0 Å². The Bertz CT molecular complexity index is 746. The minimum absolute atomic E-state index is 0.513. The molecule has 0 amide bonds. The molecule has 1 aliphatic heterocycles. The number of methoxy groups -OCH3 is 1. The van der Waals surface area contributed by atoms with Crippen LogP contribution in [0, 0.1) is 0 Å². The van der Waals surface area contributed by atoms with Crippen molar-refractivity contribution in [1.82, 2.24) is 4.90 Å². The zero-order valence-corrected chi connectivity index (χ0v) is 16.2. The van der Waals surface area contributed by atoms with Crippen LogP contribution in [0.1, 0.15) is 0 Å². The van der Waals surface area contributed by atoms with Crippen molar-refractivity contribution in [2.75, 3.05) is 43.5 Å². The van der Waals surface area contributed by atoms with Crippen molar-refractivity contribution in [3.05, 3.63) is 52.5 Å². The van der Waals surface area contributed by atoms with Crippen molar-refractivity contribution >= 4 is 51.9 Å². The fourth-order valence-electron chi connectivity index (χ4n) is 2.74. The molecule has 3 rings (SSSR count). The SMILES string of the molecule is COc1ccc(N2CCN(C(=S)Nc3ccc(Cl)c(Cl)c3)CC2)cc1. The minimum atomic E-state index is 0.513. The highest BCUT2D eigenvalue weighted by Gasteiger charge is 2.19. The van der Waals surface area contributed by atoms with Gasteiger partial charge in [-0.1, -0.05) is 23.2 Å². The maximum atomic E-state index is 6.05. The van der Waals surface area contributed by atoms with Crippen LogP contribution in [0.3, 0.4) is 0 Å². The number of piperazine rings is 1. The second-order valence-corrected chi connectivity index (χ2v) is 6.93. The summed E-state index contributed by atoms with van der Waals surface area (Å²) in [4.78, 5) is 4.51. The Morgan fingerprint density at radius 3 is 2.28 bits per heavy atom. The number of anilines is 2. The summed E-state index contributed by atoms with van der Waals surface area (Å²) < 4.78 is 5.21. The quantitative estimate of drug-likeness (QED) is 0.771. The first kappa shape index (κ1) is 18.1. The fraction of sp³-hybridized carbons (Fsp3) is 0.278. The summed E-state index contributed by atoms with van der Waals surface area (Å²) in [6, 6.07) is 13.5. The first-order valence-electron chi connectivity index (χ1n) is 7.97. The molecule has 0 unspecified atom stereocenters. The summed E-state index contributed by atoms with van der Waals surface area (Å²) in [7, 11) is 1.68. The number of ether oxygens (including phenoxy) is 1. The van der Waals surface area contributed by atoms with Crippen molar-refractivity contribution in [2.45, 2.75) is 0 Å². The molecule has 0 radical (unpaired) electrons. The molecule has 0 saturated carbocycles. The van der Waals surface area contributed by atoms with Gasteiger partial charge in [0.25, 0.3) is 0 Å². The molecule has 0 aromatic heterocycles. The fourth-order valence-corrected chi connectivity index (χ4v) is 3.34. The lowest BCUT2D eigenvalue weighted by atomic mass is 10.2. The maximum Gasteiger partial charge on any atom is 0.173 e. The van der Waals surface area contributed by atoms with Gasteiger partial charge in [0.2, 0.25) is 0 Å². The Kier molecular flexibility index (Phi) is 5.89. The molecule has 1 saturated heterocycles. The van der Waals surface area contributed by atoms with E-state index in [1.54, 1.807) is 19.2 Å². The van der Waals surface area contributed by atoms with Crippen LogP contribution < -0.4 is 15.0 Å². The Morgan fingerprint density at radius 1 is 1.00 bits per heavy atom. The van der Waals surface area contributed by atoms with Crippen LogP contribution in [0.15, 0.2) is 42.5 Å². The number of hydrogen-bond acceptors (Lipinski definition) is 3. The molecule has 7 heteroatoms. The molecule has 0 spiro atoms. The molecule has 2 aromatic carbocycles. The Balaban J connectivity index is 1.55. The highest BCUT2D eigenvalue weighted by Crippen LogP contribution is 2.25. The Hall–Kier alpha value is -1.69. The van der Waals surface area contributed by atoms with E-state index in [0.29, 0.717) is 15.2 Å². The predicted molar refractivity (Wildman–Crippen MR) is 109 cm³/mol. The minimum Gasteiger partial charge on any atom is -0.497 e. The van der Waals surface area contributed by atoms with Gasteiger partial charge in [0, 0.05) is 37.6 Å². The van der Waals surface area contributed by atoms with E-state index in [9.17, 15) is 0 Å². The maximum absolute atomic E-state index is 6.05. The monoisotopic (exact) mass is 395 g/mol. The van der Waals surface area contributed by atoms with E-state index in [4.69, 9.17) is 40.2 Å². The predicted octanol–water partition coefficient (Wildman–Crippen LogP) is 4.52. The zero-order valence-electron chi connectivity index (χ0n) is 13.8. The average molecular weight is 396 g/mol. The van der Waals surface area contributed by atoms with Crippen molar-refractivity contribution in [2.24, 2.45) is 0 Å². The lowest BCUT2D eigenvalue weighted by molar-refractivity contribution is 0.390. The third kappa shape index (κ3) is 4.48. The number of nitrogens with one attached hydrogen (secondary N) is 1. The summed E-state index contributed by atoms with van der Waals surface area (Å²) in [5, 5.41) is 4.98. The Morgan fingerprint density at radius 2 is 1.68 bits per heavy atom. The molecule has 4 nitrogen and oxygen atoms in total. The highest BCUT2D eigenvalue weighted by molar-refractivity contribution is 7.80. The standard InChI is InChI=1S/C18H19Cl2N3OS/c1-24-15-5-3-14(4-6-15)22-8-10-23(11-9-22)18(25)21-13-2-7-16(19)17(20)12-13/h2-7,12H,8-11H2,1H3,(H,21,25). The van der Waals surface area contributed by atoms with Gasteiger partial charge in [-0.2, -0.15) is 0 Å². The first-order chi connectivity index (χ1) is 12.1. The van der Waals surface area contributed by atoms with Crippen molar-refractivity contribution in [1.29, 1.82) is 0 Å². The van der Waals surface area contributed by atoms with Crippen molar-refractivity contribution in [3.63, 3.8) is 0 Å². The van der Waals surface area contributed by atoms with E-state index in [1.165, 1.54) is 5.69 Å². The molecular weight excluding hydrogens is 377 g/mol. The van der Waals surface area contributed by atoms with E-state index >= 15 is 0 Å². The van der Waals surface area contributed by atoms with Crippen LogP contribution in [0.25, 0.3) is 0 Å². The normalized spacial score (nSPS) is 14.4. The van der Waals surface area contributed by atoms with Crippen LogP contribution in [-0.2, 0) is 0 Å². The molecule has 25 heavy (non-hydrogen) atoms. The van der Waals surface area contributed by atoms with Gasteiger partial charge in [0.15, 0.2) is 5.11 Å². The second-order valence-electron chi connectivity index (χ2n) is 5.73. The van der Waals surface area contributed by atoms with Crippen LogP contribution in [0.5, 0.6) is 5.75 Å². The van der Waals surface area contributed by atoms with Crippen LogP contribution >= 0.6 is 35.4 Å². The largest absolute Gasteiger partial charge is 0.497 e. The summed E-state index contributed by atoms with van der Waals surface area (Å²) in [6.45, 7) is 3.55. The van der Waals surface area contributed by atoms with Gasteiger partial charge in [-0.25, -0.2) is 0 Å². The van der Waals surface area contributed by atoms with E-state index in [0.717, 1.165) is 37.6 Å². The zero-order chi connectivity index (χ0) is 17.8. The van der Waals surface area contributed by atoms with Gasteiger partial charge in [-0.3, -0.25) is 0 Å². The highest BCUT2D eigenvalue weighted by atomic mass is 35.5. The van der Waals surface area contributed by atoms with Crippen LogP contribution in [0.2, 0.25) is 10.0 Å². The molecule has 1 N–H and O–H groups in total. The number of halogens is 2. The third-order valence-corrected chi connectivity index (χ3v) is 5.27. The molecule has 1 aliphatic rings. The van der Waals surface area contributed by atoms with Crippen molar-refractivity contribution < 1.29 is 4.74 Å². The van der Waals surface area contributed by atoms with E-state index in [2.05, 4.69) is 27.2 Å². The molecule has 2 aromatic rings. The van der Waals surface area contributed by atoms with E-state index < -0.39 is 0 Å². The molecule has 0 aliphatic carbocycles. The van der Waals surface area contributed by atoms with Gasteiger partial charge in [-0.05, 0) is 54.7 Å². The van der Waals surface area contributed by atoms with Crippen molar-refractivity contribution in [3.8, 4) is 5.75 Å². The number of hydrogen-bond donors (Lipinski definition) is 1. The van der Waals surface area contributed by atoms with Gasteiger partial charge in [0.1, 0.15) is 5.75 Å². The number of thiocarbonyl (C=S) groups is 1. The van der Waals surface area contributed by atoms with Crippen LogP contribution in [0.4, 0.5) is 11.4 Å². The molecule has 0 bridgehead atoms. The lowest BCUT2D eigenvalue weighted by Crippen LogP contribution is -2.50. The molecular formula is C18H19Cl2N3OS. The summed E-state index contributed by atoms with van der Waals surface area (Å²) in [6.07, 6.45) is 0. The smallest absolute Gasteiger partial charge is 0.173 e. The van der Waals surface area contributed by atoms with Gasteiger partial charge in [-0.15, -0.1) is 0 Å². The second kappa shape index (κ2) is 8.13. The first-order valence-corrected chi connectivity index (χ1v) is 9.13. The van der Waals surface area contributed by atoms with Gasteiger partial charge < -0.3 is 19.9 Å². The summed E-state index contributed by atoms with van der Waals surface area (Å²) in [5.74, 6) is 0.870. The van der Waals surface area contributed by atoms with Gasteiger partial charge in [0.05, 0.1) is 17.2 Å². The number of nitrogens with zero attached hydrogens (tertiary/aromatic N) is 2. The molecule has 132 valence electrons. The summed E-state index contributed by atoms with van der Waals surface area (Å²) >= 11 is 17.5. The average Bonchev–Trinajstić information content (AvgIpc) is 2.65. The third-order valence-electron chi connectivity index (χ3n) is 4.18. The molecule has 0 atom stereocenters. The molecule has 1 heterocycles. The van der Waals surface area contributed by atoms with Gasteiger partial charge >= 0.3 is 0 Å². The Labute approximate surface area is 163 Å². The molecule has 1 fully saturated rings. The number of rotatable bonds is 3. The van der Waals surface area contributed by atoms with E-state index in [1.807, 2.05) is 18.2 Å². The summed E-state index contributed by atoms with van der Waals surface area (Å²) in [5.41, 5.74) is 2.04. The lowest BCUT2D eigenvalue weighted by Gasteiger charge is -2.37.